The summed E-state index contributed by atoms with van der Waals surface area (Å²) >= 11 is 5.98. The Morgan fingerprint density at radius 1 is 1.22 bits per heavy atom. The van der Waals surface area contributed by atoms with Crippen LogP contribution < -0.4 is 4.18 Å². The van der Waals surface area contributed by atoms with Gasteiger partial charge in [-0.25, -0.2) is 4.31 Å². The third-order valence-corrected chi connectivity index (χ3v) is 6.05. The SMILES string of the molecule is CCOC(=O)[C@@H]1C=C2c3ccc(Cl)cc3OS(=O)(=O)N2[C@H]1c1ccccc1. The Balaban J connectivity index is 1.91. The Kier molecular flexibility index (Phi) is 4.36. The summed E-state index contributed by atoms with van der Waals surface area (Å²) in [6.07, 6.45) is 1.63. The zero-order valence-corrected chi connectivity index (χ0v) is 15.9. The second-order valence-corrected chi connectivity index (χ2v) is 8.01. The van der Waals surface area contributed by atoms with Crippen molar-refractivity contribution in [3.8, 4) is 5.75 Å². The molecule has 27 heavy (non-hydrogen) atoms. The molecular weight excluding hydrogens is 390 g/mol. The highest BCUT2D eigenvalue weighted by Crippen LogP contribution is 2.50. The highest BCUT2D eigenvalue weighted by atomic mass is 35.5. The number of carbonyl (C=O) groups is 1. The first-order valence-corrected chi connectivity index (χ1v) is 10.1. The lowest BCUT2D eigenvalue weighted by Gasteiger charge is -2.34. The molecule has 4 rings (SSSR count). The molecule has 0 unspecified atom stereocenters. The van der Waals surface area contributed by atoms with Crippen molar-refractivity contribution in [3.05, 3.63) is 70.8 Å². The summed E-state index contributed by atoms with van der Waals surface area (Å²) < 4.78 is 37.4. The Morgan fingerprint density at radius 2 is 1.96 bits per heavy atom. The van der Waals surface area contributed by atoms with Gasteiger partial charge in [-0.05, 0) is 30.7 Å². The van der Waals surface area contributed by atoms with Crippen LogP contribution in [0.4, 0.5) is 0 Å². The van der Waals surface area contributed by atoms with Gasteiger partial charge in [0.2, 0.25) is 0 Å². The highest BCUT2D eigenvalue weighted by Gasteiger charge is 2.50. The molecule has 2 atom stereocenters. The minimum atomic E-state index is -4.17. The van der Waals surface area contributed by atoms with Gasteiger partial charge < -0.3 is 8.92 Å². The van der Waals surface area contributed by atoms with Crippen molar-refractivity contribution in [3.63, 3.8) is 0 Å². The van der Waals surface area contributed by atoms with Crippen LogP contribution in [0.1, 0.15) is 24.1 Å². The van der Waals surface area contributed by atoms with Crippen molar-refractivity contribution in [2.24, 2.45) is 5.92 Å². The molecule has 0 bridgehead atoms. The van der Waals surface area contributed by atoms with E-state index in [-0.39, 0.29) is 12.4 Å². The second kappa shape index (κ2) is 6.58. The van der Waals surface area contributed by atoms with Crippen molar-refractivity contribution >= 4 is 33.6 Å². The first-order chi connectivity index (χ1) is 12.9. The topological polar surface area (TPSA) is 72.9 Å². The molecule has 8 heteroatoms. The lowest BCUT2D eigenvalue weighted by atomic mass is 9.95. The number of nitrogens with zero attached hydrogens (tertiary/aromatic N) is 1. The Labute approximate surface area is 162 Å². The zero-order chi connectivity index (χ0) is 19.2. The molecule has 0 spiro atoms. The number of carbonyl (C=O) groups excluding carboxylic acids is 1. The van der Waals surface area contributed by atoms with E-state index in [1.54, 1.807) is 49.4 Å². The van der Waals surface area contributed by atoms with Crippen molar-refractivity contribution in [1.82, 2.24) is 4.31 Å². The normalized spacial score (nSPS) is 22.3. The summed E-state index contributed by atoms with van der Waals surface area (Å²) in [4.78, 5) is 12.6. The number of rotatable bonds is 3. The molecule has 2 aliphatic heterocycles. The number of hydrogen-bond acceptors (Lipinski definition) is 5. The van der Waals surface area contributed by atoms with E-state index in [1.165, 1.54) is 6.07 Å². The first kappa shape index (κ1) is 17.9. The van der Waals surface area contributed by atoms with Crippen molar-refractivity contribution < 1.29 is 22.1 Å². The fraction of sp³-hybridized carbons (Fsp3) is 0.211. The van der Waals surface area contributed by atoms with Crippen LogP contribution >= 0.6 is 11.6 Å². The molecule has 0 radical (unpaired) electrons. The molecule has 0 amide bonds. The van der Waals surface area contributed by atoms with Crippen LogP contribution in [0.15, 0.2) is 54.6 Å². The first-order valence-electron chi connectivity index (χ1n) is 8.39. The Hall–Kier alpha value is -2.51. The summed E-state index contributed by atoms with van der Waals surface area (Å²) in [7, 11) is -4.17. The molecule has 0 aromatic heterocycles. The fourth-order valence-corrected chi connectivity index (χ4v) is 5.00. The third-order valence-electron chi connectivity index (χ3n) is 4.52. The number of hydrogen-bond donors (Lipinski definition) is 0. The molecular formula is C19H16ClNO5S. The van der Waals surface area contributed by atoms with Gasteiger partial charge in [0.1, 0.15) is 5.92 Å². The van der Waals surface area contributed by atoms with E-state index in [1.807, 2.05) is 6.07 Å². The van der Waals surface area contributed by atoms with Gasteiger partial charge in [0.25, 0.3) is 0 Å². The predicted octanol–water partition coefficient (Wildman–Crippen LogP) is 3.55. The van der Waals surface area contributed by atoms with Crippen LogP contribution in [0, 0.1) is 5.92 Å². The number of esters is 1. The maximum absolute atomic E-state index is 12.9. The molecule has 6 nitrogen and oxygen atoms in total. The molecule has 0 fully saturated rings. The van der Waals surface area contributed by atoms with E-state index in [9.17, 15) is 13.2 Å². The summed E-state index contributed by atoms with van der Waals surface area (Å²) in [5.74, 6) is -1.14. The smallest absolute Gasteiger partial charge is 0.410 e. The van der Waals surface area contributed by atoms with Crippen molar-refractivity contribution in [2.45, 2.75) is 13.0 Å². The lowest BCUT2D eigenvalue weighted by molar-refractivity contribution is -0.147. The van der Waals surface area contributed by atoms with Crippen molar-refractivity contribution in [2.75, 3.05) is 6.61 Å². The van der Waals surface area contributed by atoms with Crippen molar-refractivity contribution in [1.29, 1.82) is 0 Å². The van der Waals surface area contributed by atoms with Gasteiger partial charge >= 0.3 is 16.3 Å². The molecule has 0 aliphatic carbocycles. The molecule has 140 valence electrons. The summed E-state index contributed by atoms with van der Waals surface area (Å²) in [6, 6.07) is 13.0. The third kappa shape index (κ3) is 2.96. The maximum atomic E-state index is 12.9. The Morgan fingerprint density at radius 3 is 2.67 bits per heavy atom. The van der Waals surface area contributed by atoms with Gasteiger partial charge in [-0.1, -0.05) is 41.9 Å². The fourth-order valence-electron chi connectivity index (χ4n) is 3.46. The van der Waals surface area contributed by atoms with E-state index < -0.39 is 28.2 Å². The predicted molar refractivity (Wildman–Crippen MR) is 100 cm³/mol. The van der Waals surface area contributed by atoms with Crippen LogP contribution in [-0.2, 0) is 19.8 Å². The summed E-state index contributed by atoms with van der Waals surface area (Å²) in [5.41, 5.74) is 1.62. The Bertz CT molecular complexity index is 1040. The number of ether oxygens (including phenoxy) is 1. The van der Waals surface area contributed by atoms with Gasteiger partial charge in [0.05, 0.1) is 18.3 Å². The number of halogens is 1. The minimum absolute atomic E-state index is 0.140. The lowest BCUT2D eigenvalue weighted by Crippen LogP contribution is -2.39. The quantitative estimate of drug-likeness (QED) is 0.730. The van der Waals surface area contributed by atoms with Gasteiger partial charge in [-0.2, -0.15) is 8.42 Å². The molecule has 0 saturated heterocycles. The average Bonchev–Trinajstić information content (AvgIpc) is 3.04. The van der Waals surface area contributed by atoms with E-state index in [0.717, 1.165) is 4.31 Å². The molecule has 0 N–H and O–H groups in total. The van der Waals surface area contributed by atoms with Gasteiger partial charge in [-0.3, -0.25) is 4.79 Å². The zero-order valence-electron chi connectivity index (χ0n) is 14.3. The highest BCUT2D eigenvalue weighted by molar-refractivity contribution is 7.85. The largest absolute Gasteiger partial charge is 0.465 e. The summed E-state index contributed by atoms with van der Waals surface area (Å²) in [5, 5.41) is 0.359. The molecule has 2 aromatic rings. The number of benzene rings is 2. The molecule has 2 heterocycles. The van der Waals surface area contributed by atoms with E-state index in [4.69, 9.17) is 20.5 Å². The summed E-state index contributed by atoms with van der Waals surface area (Å²) in [6.45, 7) is 1.91. The van der Waals surface area contributed by atoms with Crippen LogP contribution in [-0.4, -0.2) is 25.3 Å². The second-order valence-electron chi connectivity index (χ2n) is 6.16. The molecule has 0 saturated carbocycles. The molecule has 2 aromatic carbocycles. The van der Waals surface area contributed by atoms with Crippen LogP contribution in [0.2, 0.25) is 5.02 Å². The van der Waals surface area contributed by atoms with E-state index in [2.05, 4.69) is 0 Å². The van der Waals surface area contributed by atoms with E-state index >= 15 is 0 Å². The van der Waals surface area contributed by atoms with Gasteiger partial charge in [0.15, 0.2) is 5.75 Å². The van der Waals surface area contributed by atoms with Gasteiger partial charge in [0, 0.05) is 16.7 Å². The van der Waals surface area contributed by atoms with Crippen LogP contribution in [0.25, 0.3) is 5.70 Å². The average molecular weight is 406 g/mol. The number of fused-ring (bicyclic) bond motifs is 3. The van der Waals surface area contributed by atoms with Gasteiger partial charge in [-0.15, -0.1) is 0 Å². The standard InChI is InChI=1S/C19H16ClNO5S/c1-2-25-19(22)15-11-16-14-9-8-13(20)10-17(14)26-27(23,24)21(16)18(15)12-6-4-3-5-7-12/h3-11,15,18H,2H2,1H3/t15-,18+/m1/s1. The van der Waals surface area contributed by atoms with E-state index in [0.29, 0.717) is 21.8 Å². The van der Waals surface area contributed by atoms with Crippen LogP contribution in [0.5, 0.6) is 5.75 Å². The van der Waals surface area contributed by atoms with Crippen LogP contribution in [0.3, 0.4) is 0 Å². The minimum Gasteiger partial charge on any atom is -0.465 e. The monoisotopic (exact) mass is 405 g/mol. The molecule has 2 aliphatic rings. The maximum Gasteiger partial charge on any atom is 0.410 e.